The fraction of sp³-hybridized carbons (Fsp3) is 0.367. The SMILES string of the molecule is CS(=O)(=O)c1cc(OC[C@@H](O)CNC2CCC(c3ccc(C(=O)O)cc3)CC2)ccc1OCc1ccccc1. The number of aliphatic hydroxyl groups excluding tert-OH is 1. The third kappa shape index (κ3) is 8.29. The number of benzene rings is 3. The lowest BCUT2D eigenvalue weighted by Gasteiger charge is -2.30. The zero-order chi connectivity index (χ0) is 27.8. The van der Waals surface area contributed by atoms with E-state index in [-0.39, 0.29) is 29.9 Å². The van der Waals surface area contributed by atoms with E-state index in [4.69, 9.17) is 14.6 Å². The molecule has 0 aromatic heterocycles. The average molecular weight is 554 g/mol. The van der Waals surface area contributed by atoms with E-state index in [0.29, 0.717) is 23.8 Å². The Kier molecular flexibility index (Phi) is 9.61. The quantitative estimate of drug-likeness (QED) is 0.301. The molecule has 9 heteroatoms. The fourth-order valence-corrected chi connectivity index (χ4v) is 5.63. The number of hydrogen-bond acceptors (Lipinski definition) is 7. The molecule has 0 aliphatic heterocycles. The third-order valence-electron chi connectivity index (χ3n) is 6.99. The molecule has 0 amide bonds. The molecule has 0 unspecified atom stereocenters. The molecule has 0 bridgehead atoms. The second-order valence-electron chi connectivity index (χ2n) is 10.0. The Hall–Kier alpha value is -3.40. The van der Waals surface area contributed by atoms with Gasteiger partial charge in [-0.25, -0.2) is 13.2 Å². The molecule has 39 heavy (non-hydrogen) atoms. The number of rotatable bonds is 12. The van der Waals surface area contributed by atoms with Gasteiger partial charge in [0.05, 0.1) is 5.56 Å². The second-order valence-corrected chi connectivity index (χ2v) is 12.0. The van der Waals surface area contributed by atoms with Gasteiger partial charge >= 0.3 is 5.97 Å². The molecule has 4 rings (SSSR count). The molecule has 1 fully saturated rings. The molecule has 3 aromatic carbocycles. The first kappa shape index (κ1) is 28.6. The molecule has 0 saturated heterocycles. The van der Waals surface area contributed by atoms with Crippen LogP contribution in [0.1, 0.15) is 53.1 Å². The molecule has 1 aliphatic rings. The Balaban J connectivity index is 1.23. The van der Waals surface area contributed by atoms with Crippen LogP contribution in [-0.2, 0) is 16.4 Å². The summed E-state index contributed by atoms with van der Waals surface area (Å²) in [6, 6.07) is 21.5. The van der Waals surface area contributed by atoms with Gasteiger partial charge in [0.2, 0.25) is 0 Å². The highest BCUT2D eigenvalue weighted by molar-refractivity contribution is 7.90. The summed E-state index contributed by atoms with van der Waals surface area (Å²) in [6.07, 6.45) is 4.26. The van der Waals surface area contributed by atoms with E-state index < -0.39 is 21.9 Å². The Morgan fingerprint density at radius 3 is 2.31 bits per heavy atom. The van der Waals surface area contributed by atoms with Gasteiger partial charge in [0.15, 0.2) is 9.84 Å². The number of hydrogen-bond donors (Lipinski definition) is 3. The number of ether oxygens (including phenoxy) is 2. The van der Waals surface area contributed by atoms with Crippen molar-refractivity contribution in [2.75, 3.05) is 19.4 Å². The van der Waals surface area contributed by atoms with E-state index in [0.717, 1.165) is 43.1 Å². The molecule has 208 valence electrons. The van der Waals surface area contributed by atoms with E-state index in [1.165, 1.54) is 6.07 Å². The third-order valence-corrected chi connectivity index (χ3v) is 8.11. The number of sulfone groups is 1. The molecule has 1 saturated carbocycles. The Bertz CT molecular complexity index is 1340. The van der Waals surface area contributed by atoms with Crippen molar-refractivity contribution in [1.29, 1.82) is 0 Å². The normalized spacial score (nSPS) is 18.3. The topological polar surface area (TPSA) is 122 Å². The summed E-state index contributed by atoms with van der Waals surface area (Å²) in [6.45, 7) is 0.623. The molecule has 8 nitrogen and oxygen atoms in total. The van der Waals surface area contributed by atoms with Gasteiger partial charge in [-0.15, -0.1) is 0 Å². The monoisotopic (exact) mass is 553 g/mol. The maximum Gasteiger partial charge on any atom is 0.335 e. The summed E-state index contributed by atoms with van der Waals surface area (Å²) in [5, 5.41) is 22.9. The van der Waals surface area contributed by atoms with Crippen LogP contribution in [0.15, 0.2) is 77.7 Å². The van der Waals surface area contributed by atoms with Gasteiger partial charge in [0.25, 0.3) is 0 Å². The standard InChI is InChI=1S/C30H35NO7S/c1-39(35,36)29-17-27(15-16-28(29)38-19-21-5-3-2-4-6-21)37-20-26(32)18-31-25-13-11-23(12-14-25)22-7-9-24(10-8-22)30(33)34/h2-10,15-17,23,25-26,31-32H,11-14,18-20H2,1H3,(H,33,34)/t23?,25?,26-/m0/s1. The number of aliphatic hydroxyl groups is 1. The molecular formula is C30H35NO7S. The lowest BCUT2D eigenvalue weighted by atomic mass is 9.81. The molecule has 0 heterocycles. The number of carboxylic acids is 1. The van der Waals surface area contributed by atoms with Crippen molar-refractivity contribution in [3.63, 3.8) is 0 Å². The number of aromatic carboxylic acids is 1. The van der Waals surface area contributed by atoms with Crippen LogP contribution in [-0.4, -0.2) is 56.2 Å². The van der Waals surface area contributed by atoms with Gasteiger partial charge in [0, 0.05) is 24.9 Å². The summed E-state index contributed by atoms with van der Waals surface area (Å²) < 4.78 is 36.2. The second kappa shape index (κ2) is 13.1. The van der Waals surface area contributed by atoms with Crippen LogP contribution in [0.25, 0.3) is 0 Å². The van der Waals surface area contributed by atoms with Crippen LogP contribution < -0.4 is 14.8 Å². The smallest absolute Gasteiger partial charge is 0.335 e. The molecule has 1 atom stereocenters. The van der Waals surface area contributed by atoms with Crippen LogP contribution in [0.2, 0.25) is 0 Å². The molecular weight excluding hydrogens is 518 g/mol. The van der Waals surface area contributed by atoms with E-state index in [1.54, 1.807) is 24.3 Å². The van der Waals surface area contributed by atoms with Gasteiger partial charge in [-0.3, -0.25) is 0 Å². The fourth-order valence-electron chi connectivity index (χ4n) is 4.81. The van der Waals surface area contributed by atoms with E-state index in [1.807, 2.05) is 42.5 Å². The van der Waals surface area contributed by atoms with Crippen LogP contribution in [0.4, 0.5) is 0 Å². The van der Waals surface area contributed by atoms with E-state index >= 15 is 0 Å². The Morgan fingerprint density at radius 2 is 1.67 bits per heavy atom. The van der Waals surface area contributed by atoms with Gasteiger partial charge in [-0.1, -0.05) is 42.5 Å². The largest absolute Gasteiger partial charge is 0.491 e. The molecule has 3 aromatic rings. The zero-order valence-corrected chi connectivity index (χ0v) is 22.8. The Morgan fingerprint density at radius 1 is 0.974 bits per heavy atom. The van der Waals surface area contributed by atoms with Crippen molar-refractivity contribution < 1.29 is 32.9 Å². The summed E-state index contributed by atoms with van der Waals surface area (Å²) in [4.78, 5) is 11.1. The van der Waals surface area contributed by atoms with Gasteiger partial charge < -0.3 is 25.0 Å². The van der Waals surface area contributed by atoms with Crippen molar-refractivity contribution in [3.8, 4) is 11.5 Å². The molecule has 0 spiro atoms. The van der Waals surface area contributed by atoms with Crippen molar-refractivity contribution in [2.24, 2.45) is 0 Å². The van der Waals surface area contributed by atoms with Crippen molar-refractivity contribution >= 4 is 15.8 Å². The first-order valence-electron chi connectivity index (χ1n) is 13.1. The molecule has 3 N–H and O–H groups in total. The first-order chi connectivity index (χ1) is 18.7. The summed E-state index contributed by atoms with van der Waals surface area (Å²) in [5.74, 6) is 0.0841. The number of carboxylic acid groups (broad SMARTS) is 1. The van der Waals surface area contributed by atoms with Crippen LogP contribution in [0.5, 0.6) is 11.5 Å². The van der Waals surface area contributed by atoms with Crippen molar-refractivity contribution in [3.05, 3.63) is 89.5 Å². The lowest BCUT2D eigenvalue weighted by molar-refractivity contribution is 0.0696. The van der Waals surface area contributed by atoms with Crippen LogP contribution >= 0.6 is 0 Å². The molecule has 1 aliphatic carbocycles. The minimum atomic E-state index is -3.56. The van der Waals surface area contributed by atoms with Crippen LogP contribution in [0.3, 0.4) is 0 Å². The van der Waals surface area contributed by atoms with Crippen molar-refractivity contribution in [2.45, 2.75) is 55.2 Å². The zero-order valence-electron chi connectivity index (χ0n) is 22.0. The van der Waals surface area contributed by atoms with Crippen molar-refractivity contribution in [1.82, 2.24) is 5.32 Å². The van der Waals surface area contributed by atoms with E-state index in [2.05, 4.69) is 5.32 Å². The van der Waals surface area contributed by atoms with Gasteiger partial charge in [-0.2, -0.15) is 0 Å². The van der Waals surface area contributed by atoms with Gasteiger partial charge in [-0.05, 0) is 67.0 Å². The summed E-state index contributed by atoms with van der Waals surface area (Å²) >= 11 is 0. The minimum Gasteiger partial charge on any atom is -0.491 e. The van der Waals surface area contributed by atoms with Crippen LogP contribution in [0, 0.1) is 0 Å². The highest BCUT2D eigenvalue weighted by atomic mass is 32.2. The number of nitrogens with one attached hydrogen (secondary N) is 1. The summed E-state index contributed by atoms with van der Waals surface area (Å²) in [5.41, 5.74) is 2.39. The highest BCUT2D eigenvalue weighted by Gasteiger charge is 2.23. The highest BCUT2D eigenvalue weighted by Crippen LogP contribution is 2.33. The predicted octanol–water partition coefficient (Wildman–Crippen LogP) is 4.42. The first-order valence-corrected chi connectivity index (χ1v) is 15.0. The lowest BCUT2D eigenvalue weighted by Crippen LogP contribution is -2.39. The average Bonchev–Trinajstić information content (AvgIpc) is 2.94. The van der Waals surface area contributed by atoms with Gasteiger partial charge in [0.1, 0.15) is 35.7 Å². The molecule has 0 radical (unpaired) electrons. The maximum absolute atomic E-state index is 12.4. The minimum absolute atomic E-state index is 0.0195. The number of carbonyl (C=O) groups is 1. The maximum atomic E-state index is 12.4. The predicted molar refractivity (Wildman–Crippen MR) is 148 cm³/mol. The Labute approximate surface area is 229 Å². The summed E-state index contributed by atoms with van der Waals surface area (Å²) in [7, 11) is -3.56. The van der Waals surface area contributed by atoms with E-state index in [9.17, 15) is 18.3 Å².